The molecule has 1 fully saturated rings. The van der Waals surface area contributed by atoms with Crippen LogP contribution in [0.25, 0.3) is 0 Å². The summed E-state index contributed by atoms with van der Waals surface area (Å²) in [5.74, 6) is -0.0913. The van der Waals surface area contributed by atoms with E-state index in [9.17, 15) is 4.79 Å². The van der Waals surface area contributed by atoms with Gasteiger partial charge in [-0.15, -0.1) is 0 Å². The first-order valence-corrected chi connectivity index (χ1v) is 15.9. The lowest BCUT2D eigenvalue weighted by atomic mass is 9.90. The first-order chi connectivity index (χ1) is 15.8. The van der Waals surface area contributed by atoms with Crippen molar-refractivity contribution in [3.8, 4) is 0 Å². The number of carbonyl (C=O) groups excluding carboxylic acids is 1. The summed E-state index contributed by atoms with van der Waals surface area (Å²) in [6, 6.07) is 7.41. The number of carbonyl (C=O) groups is 1. The van der Waals surface area contributed by atoms with E-state index in [1.54, 1.807) is 0 Å². The number of rotatable bonds is 5. The minimum Gasteiger partial charge on any atom is -0.396 e. The van der Waals surface area contributed by atoms with Gasteiger partial charge in [0.05, 0.1) is 11.4 Å². The zero-order valence-corrected chi connectivity index (χ0v) is 26.2. The molecule has 33 heavy (non-hydrogen) atoms. The predicted octanol–water partition coefficient (Wildman–Crippen LogP) is 9.82. The van der Waals surface area contributed by atoms with Crippen LogP contribution in [-0.4, -0.2) is 27.9 Å². The van der Waals surface area contributed by atoms with E-state index >= 15 is 0 Å². The van der Waals surface area contributed by atoms with Gasteiger partial charge in [-0.25, -0.2) is 0 Å². The summed E-state index contributed by atoms with van der Waals surface area (Å²) in [4.78, 5) is 18.2. The summed E-state index contributed by atoms with van der Waals surface area (Å²) in [5, 5.41) is 1.17. The third-order valence-corrected chi connectivity index (χ3v) is 5.61. The Bertz CT molecular complexity index is 676. The number of nitrogens with two attached hydrogens (primary N) is 1. The van der Waals surface area contributed by atoms with Crippen LogP contribution in [0.4, 0.5) is 5.69 Å². The quantitative estimate of drug-likeness (QED) is 0.205. The van der Waals surface area contributed by atoms with Gasteiger partial charge in [-0.2, -0.15) is 11.8 Å². The molecule has 1 aliphatic carbocycles. The zero-order valence-electron chi connectivity index (χ0n) is 22.4. The summed E-state index contributed by atoms with van der Waals surface area (Å²) in [7, 11) is 0. The van der Waals surface area contributed by atoms with Crippen LogP contribution in [0, 0.1) is 0 Å². The number of unbranched alkanes of at least 4 members (excludes halogenated alkanes) is 2. The molecular formula is C27H48ClIN2OS. The molecule has 0 radical (unpaired) electrons. The molecular weight excluding hydrogens is 563 g/mol. The molecule has 2 N–H and O–H groups in total. The van der Waals surface area contributed by atoms with Crippen LogP contribution in [0.2, 0.25) is 5.02 Å². The van der Waals surface area contributed by atoms with Gasteiger partial charge in [-0.05, 0) is 42.2 Å². The Hall–Kier alpha value is -0.530. The molecule has 1 saturated carbocycles. The van der Waals surface area contributed by atoms with Crippen molar-refractivity contribution in [2.24, 2.45) is 10.7 Å². The predicted molar refractivity (Wildman–Crippen MR) is 164 cm³/mol. The molecule has 192 valence electrons. The third kappa shape index (κ3) is 18.5. The highest BCUT2D eigenvalue weighted by Crippen LogP contribution is 2.31. The van der Waals surface area contributed by atoms with Crippen molar-refractivity contribution in [3.05, 3.63) is 40.6 Å². The summed E-state index contributed by atoms with van der Waals surface area (Å²) in [5.41, 5.74) is 8.92. The second kappa shape index (κ2) is 26.1. The molecule has 1 aromatic rings. The number of Topliss-reactive ketones (excluding diaryl/α,β-unsaturated/α-hetero) is 1. The number of alkyl halides is 1. The van der Waals surface area contributed by atoms with Crippen LogP contribution >= 0.6 is 46.0 Å². The summed E-state index contributed by atoms with van der Waals surface area (Å²) >= 11 is 9.98. The van der Waals surface area contributed by atoms with E-state index in [1.165, 1.54) is 32.6 Å². The minimum absolute atomic E-state index is 0.0913. The standard InChI is InChI=1S/C16H19ClN2OS.C5H12.C3H8.C2H6.CH3I/c1-10(20)16(18)14-7-6-13(21-2)9-15(14)19-12-5-3-4-11(17)8-12;1-3-5-4-2;1-3-2;2*1-2/h3-5,8,13H,6-7,9,18H2,1-2H3;3-5H2,1-2H3;3H2,1-2H3;1-2H3;1H3/b16-14-,19-15?;;;;. The van der Waals surface area contributed by atoms with E-state index in [2.05, 4.69) is 56.5 Å². The van der Waals surface area contributed by atoms with Crippen molar-refractivity contribution in [3.63, 3.8) is 0 Å². The monoisotopic (exact) mass is 610 g/mol. The maximum atomic E-state index is 11.6. The summed E-state index contributed by atoms with van der Waals surface area (Å²) in [6.45, 7) is 14.2. The number of ketones is 1. The van der Waals surface area contributed by atoms with Gasteiger partial charge in [-0.3, -0.25) is 9.79 Å². The van der Waals surface area contributed by atoms with Crippen molar-refractivity contribution < 1.29 is 4.79 Å². The fourth-order valence-electron chi connectivity index (χ4n) is 2.76. The van der Waals surface area contributed by atoms with E-state index in [4.69, 9.17) is 22.3 Å². The highest BCUT2D eigenvalue weighted by molar-refractivity contribution is 14.1. The van der Waals surface area contributed by atoms with Crippen LogP contribution < -0.4 is 5.73 Å². The molecule has 0 bridgehead atoms. The Balaban J connectivity index is -0.000000632. The number of thioether (sulfide) groups is 1. The van der Waals surface area contributed by atoms with Gasteiger partial charge in [-0.1, -0.05) is 107 Å². The van der Waals surface area contributed by atoms with Crippen molar-refractivity contribution in [2.45, 2.75) is 98.7 Å². The third-order valence-electron chi connectivity index (χ3n) is 4.30. The van der Waals surface area contributed by atoms with Gasteiger partial charge in [0, 0.05) is 34.9 Å². The Morgan fingerprint density at radius 2 is 1.73 bits per heavy atom. The molecule has 0 saturated heterocycles. The van der Waals surface area contributed by atoms with Crippen molar-refractivity contribution in [1.82, 2.24) is 0 Å². The number of aliphatic imine (C=N–C) groups is 1. The lowest BCUT2D eigenvalue weighted by Crippen LogP contribution is -2.24. The Morgan fingerprint density at radius 3 is 2.12 bits per heavy atom. The van der Waals surface area contributed by atoms with Crippen LogP contribution in [0.3, 0.4) is 0 Å². The number of allylic oxidation sites excluding steroid dienone is 2. The van der Waals surface area contributed by atoms with Gasteiger partial charge in [0.25, 0.3) is 0 Å². The average Bonchev–Trinajstić information content (AvgIpc) is 2.82. The molecule has 1 aromatic carbocycles. The maximum absolute atomic E-state index is 11.6. The number of benzene rings is 1. The van der Waals surface area contributed by atoms with Gasteiger partial charge in [0.1, 0.15) is 0 Å². The Labute approximate surface area is 228 Å². The van der Waals surface area contributed by atoms with Crippen LogP contribution in [0.5, 0.6) is 0 Å². The van der Waals surface area contributed by atoms with Crippen LogP contribution in [0.1, 0.15) is 93.4 Å². The first kappa shape index (κ1) is 37.0. The molecule has 0 amide bonds. The second-order valence-electron chi connectivity index (χ2n) is 7.15. The molecule has 6 heteroatoms. The van der Waals surface area contributed by atoms with E-state index in [0.717, 1.165) is 36.2 Å². The van der Waals surface area contributed by atoms with E-state index < -0.39 is 0 Å². The SMILES string of the molecule is CC.CCC.CCCCC.CI.CSC1CC/C(=C(/N)C(C)=O)C(=Nc2cccc(Cl)c2)C1. The van der Waals surface area contributed by atoms with Gasteiger partial charge < -0.3 is 5.73 Å². The zero-order chi connectivity index (χ0) is 26.2. The van der Waals surface area contributed by atoms with Gasteiger partial charge in [0.2, 0.25) is 0 Å². The molecule has 0 heterocycles. The number of halogens is 2. The number of hydrogen-bond acceptors (Lipinski definition) is 4. The maximum Gasteiger partial charge on any atom is 0.175 e. The molecule has 1 atom stereocenters. The molecule has 0 aromatic heterocycles. The smallest absolute Gasteiger partial charge is 0.175 e. The summed E-state index contributed by atoms with van der Waals surface area (Å²) in [6.07, 6.45) is 10.1. The second-order valence-corrected chi connectivity index (χ2v) is 8.72. The molecule has 0 spiro atoms. The molecule has 3 nitrogen and oxygen atoms in total. The molecule has 1 unspecified atom stereocenters. The summed E-state index contributed by atoms with van der Waals surface area (Å²) < 4.78 is 0. The highest BCUT2D eigenvalue weighted by Gasteiger charge is 2.24. The molecule has 1 aliphatic rings. The fraction of sp³-hybridized carbons (Fsp3) is 0.630. The number of nitrogens with zero attached hydrogens (tertiary/aromatic N) is 1. The average molecular weight is 611 g/mol. The van der Waals surface area contributed by atoms with E-state index in [1.807, 2.05) is 54.8 Å². The van der Waals surface area contributed by atoms with E-state index in [-0.39, 0.29) is 5.78 Å². The Kier molecular flexibility index (Phi) is 29.3. The lowest BCUT2D eigenvalue weighted by Gasteiger charge is -2.25. The van der Waals surface area contributed by atoms with Crippen molar-refractivity contribution >= 4 is 63.1 Å². The normalized spacial score (nSPS) is 16.9. The van der Waals surface area contributed by atoms with Crippen molar-refractivity contribution in [1.29, 1.82) is 0 Å². The number of hydrogen-bond donors (Lipinski definition) is 1. The van der Waals surface area contributed by atoms with E-state index in [0.29, 0.717) is 16.0 Å². The molecule has 0 aliphatic heterocycles. The van der Waals surface area contributed by atoms with Gasteiger partial charge >= 0.3 is 0 Å². The van der Waals surface area contributed by atoms with Crippen molar-refractivity contribution in [2.75, 3.05) is 11.2 Å². The van der Waals surface area contributed by atoms with Gasteiger partial charge in [0.15, 0.2) is 5.78 Å². The topological polar surface area (TPSA) is 55.5 Å². The lowest BCUT2D eigenvalue weighted by molar-refractivity contribution is -0.113. The van der Waals surface area contributed by atoms with Crippen LogP contribution in [-0.2, 0) is 4.79 Å². The highest BCUT2D eigenvalue weighted by atomic mass is 127. The fourth-order valence-corrected chi connectivity index (χ4v) is 3.63. The Morgan fingerprint density at radius 1 is 1.18 bits per heavy atom. The minimum atomic E-state index is -0.0913. The molecule has 2 rings (SSSR count). The largest absolute Gasteiger partial charge is 0.396 e. The van der Waals surface area contributed by atoms with Crippen LogP contribution in [0.15, 0.2) is 40.5 Å². The first-order valence-electron chi connectivity index (χ1n) is 12.1.